The van der Waals surface area contributed by atoms with E-state index in [0.717, 1.165) is 11.1 Å². The average Bonchev–Trinajstić information content (AvgIpc) is 2.09. The summed E-state index contributed by atoms with van der Waals surface area (Å²) in [6.45, 7) is 2.10. The van der Waals surface area contributed by atoms with Crippen molar-refractivity contribution in [3.63, 3.8) is 0 Å². The molecule has 1 unspecified atom stereocenters. The molecule has 0 spiro atoms. The van der Waals surface area contributed by atoms with E-state index in [0.29, 0.717) is 0 Å². The molecular weight excluding hydrogens is 177 g/mol. The SMILES string of the molecule is Cc1cc2cccc(N)c2cc1P. The van der Waals surface area contributed by atoms with Crippen molar-refractivity contribution in [2.75, 3.05) is 5.73 Å². The van der Waals surface area contributed by atoms with E-state index >= 15 is 0 Å². The fraction of sp³-hybridized carbons (Fsp3) is 0.0909. The Kier molecular flexibility index (Phi) is 1.97. The van der Waals surface area contributed by atoms with E-state index in [1.165, 1.54) is 16.3 Å². The molecule has 0 aliphatic heterocycles. The van der Waals surface area contributed by atoms with Crippen LogP contribution in [0.3, 0.4) is 0 Å². The fourth-order valence-corrected chi connectivity index (χ4v) is 1.73. The maximum atomic E-state index is 5.87. The molecule has 0 amide bonds. The van der Waals surface area contributed by atoms with Gasteiger partial charge < -0.3 is 5.73 Å². The maximum absolute atomic E-state index is 5.87. The molecule has 13 heavy (non-hydrogen) atoms. The number of anilines is 1. The molecule has 0 aliphatic rings. The summed E-state index contributed by atoms with van der Waals surface area (Å²) in [4.78, 5) is 0. The van der Waals surface area contributed by atoms with Gasteiger partial charge in [-0.25, -0.2) is 0 Å². The molecular formula is C11H12NP. The number of rotatable bonds is 0. The highest BCUT2D eigenvalue weighted by Gasteiger charge is 1.99. The lowest BCUT2D eigenvalue weighted by Crippen LogP contribution is -1.97. The third-order valence-corrected chi connectivity index (χ3v) is 2.92. The lowest BCUT2D eigenvalue weighted by molar-refractivity contribution is 1.55. The first kappa shape index (κ1) is 8.52. The van der Waals surface area contributed by atoms with Crippen molar-refractivity contribution in [1.82, 2.24) is 0 Å². The summed E-state index contributed by atoms with van der Waals surface area (Å²) in [6.07, 6.45) is 0. The van der Waals surface area contributed by atoms with E-state index in [4.69, 9.17) is 5.73 Å². The molecule has 0 radical (unpaired) electrons. The fourth-order valence-electron chi connectivity index (χ4n) is 1.48. The molecule has 0 fully saturated rings. The molecule has 0 aliphatic carbocycles. The Hall–Kier alpha value is -1.07. The van der Waals surface area contributed by atoms with E-state index in [9.17, 15) is 0 Å². The minimum atomic E-state index is 0.848. The Morgan fingerprint density at radius 2 is 2.00 bits per heavy atom. The molecule has 2 aromatic carbocycles. The van der Waals surface area contributed by atoms with Gasteiger partial charge in [-0.15, -0.1) is 9.24 Å². The van der Waals surface area contributed by atoms with Gasteiger partial charge in [-0.05, 0) is 35.3 Å². The van der Waals surface area contributed by atoms with E-state index in [2.05, 4.69) is 34.4 Å². The lowest BCUT2D eigenvalue weighted by Gasteiger charge is -2.05. The third-order valence-electron chi connectivity index (χ3n) is 2.30. The molecule has 0 bridgehead atoms. The van der Waals surface area contributed by atoms with Gasteiger partial charge in [-0.3, -0.25) is 0 Å². The van der Waals surface area contributed by atoms with Crippen LogP contribution in [0.1, 0.15) is 5.56 Å². The summed E-state index contributed by atoms with van der Waals surface area (Å²) in [5, 5.41) is 3.56. The van der Waals surface area contributed by atoms with E-state index < -0.39 is 0 Å². The van der Waals surface area contributed by atoms with Crippen molar-refractivity contribution in [3.8, 4) is 0 Å². The topological polar surface area (TPSA) is 26.0 Å². The molecule has 1 nitrogen and oxygen atoms in total. The Morgan fingerprint density at radius 1 is 1.23 bits per heavy atom. The number of nitrogen functional groups attached to an aromatic ring is 1. The predicted octanol–water partition coefficient (Wildman–Crippen LogP) is 2.23. The zero-order valence-electron chi connectivity index (χ0n) is 7.54. The number of benzene rings is 2. The van der Waals surface area contributed by atoms with Gasteiger partial charge in [-0.2, -0.15) is 0 Å². The van der Waals surface area contributed by atoms with Gasteiger partial charge in [0.05, 0.1) is 0 Å². The molecule has 0 aromatic heterocycles. The van der Waals surface area contributed by atoms with Crippen LogP contribution in [-0.2, 0) is 0 Å². The van der Waals surface area contributed by atoms with Crippen LogP contribution in [0.5, 0.6) is 0 Å². The summed E-state index contributed by atoms with van der Waals surface area (Å²) in [5.41, 5.74) is 7.99. The van der Waals surface area contributed by atoms with E-state index in [-0.39, 0.29) is 0 Å². The Labute approximate surface area is 80.1 Å². The monoisotopic (exact) mass is 189 g/mol. The van der Waals surface area contributed by atoms with Crippen LogP contribution in [0.15, 0.2) is 30.3 Å². The van der Waals surface area contributed by atoms with Crippen molar-refractivity contribution in [2.24, 2.45) is 0 Å². The highest BCUT2D eigenvalue weighted by molar-refractivity contribution is 7.27. The molecule has 2 heteroatoms. The van der Waals surface area contributed by atoms with Crippen LogP contribution in [0.2, 0.25) is 0 Å². The smallest absolute Gasteiger partial charge is 0.0393 e. The zero-order valence-corrected chi connectivity index (χ0v) is 8.70. The zero-order chi connectivity index (χ0) is 9.42. The van der Waals surface area contributed by atoms with E-state index in [1.807, 2.05) is 12.1 Å². The van der Waals surface area contributed by atoms with Gasteiger partial charge in [0.15, 0.2) is 0 Å². The van der Waals surface area contributed by atoms with Gasteiger partial charge in [0.2, 0.25) is 0 Å². The summed E-state index contributed by atoms with van der Waals surface area (Å²) in [6, 6.07) is 10.3. The summed E-state index contributed by atoms with van der Waals surface area (Å²) >= 11 is 0. The molecule has 2 rings (SSSR count). The Bertz CT molecular complexity index is 463. The second-order valence-electron chi connectivity index (χ2n) is 3.28. The highest BCUT2D eigenvalue weighted by atomic mass is 31.0. The van der Waals surface area contributed by atoms with Crippen molar-refractivity contribution < 1.29 is 0 Å². The minimum absolute atomic E-state index is 0.848. The lowest BCUT2D eigenvalue weighted by atomic mass is 10.1. The van der Waals surface area contributed by atoms with Crippen molar-refractivity contribution in [2.45, 2.75) is 6.92 Å². The van der Waals surface area contributed by atoms with Gasteiger partial charge in [0.25, 0.3) is 0 Å². The Balaban J connectivity index is 2.89. The second-order valence-corrected chi connectivity index (χ2v) is 3.90. The molecule has 0 heterocycles. The van der Waals surface area contributed by atoms with Crippen LogP contribution in [-0.4, -0.2) is 0 Å². The van der Waals surface area contributed by atoms with Gasteiger partial charge in [-0.1, -0.05) is 18.2 Å². The van der Waals surface area contributed by atoms with Crippen LogP contribution in [0.25, 0.3) is 10.8 Å². The first-order valence-corrected chi connectivity index (χ1v) is 4.80. The largest absolute Gasteiger partial charge is 0.398 e. The van der Waals surface area contributed by atoms with Crippen LogP contribution < -0.4 is 11.0 Å². The van der Waals surface area contributed by atoms with Crippen molar-refractivity contribution in [3.05, 3.63) is 35.9 Å². The second kappa shape index (κ2) is 3.01. The van der Waals surface area contributed by atoms with Crippen LogP contribution in [0.4, 0.5) is 5.69 Å². The molecule has 66 valence electrons. The first-order valence-electron chi connectivity index (χ1n) is 4.23. The molecule has 2 N–H and O–H groups in total. The van der Waals surface area contributed by atoms with Gasteiger partial charge in [0, 0.05) is 11.1 Å². The van der Waals surface area contributed by atoms with Crippen LogP contribution in [0, 0.1) is 6.92 Å². The molecule has 1 atom stereocenters. The number of fused-ring (bicyclic) bond motifs is 1. The van der Waals surface area contributed by atoms with Crippen molar-refractivity contribution >= 4 is 31.0 Å². The number of aryl methyl sites for hydroxylation is 1. The number of hydrogen-bond acceptors (Lipinski definition) is 1. The van der Waals surface area contributed by atoms with Gasteiger partial charge in [0.1, 0.15) is 0 Å². The van der Waals surface area contributed by atoms with Crippen LogP contribution >= 0.6 is 9.24 Å². The normalized spacial score (nSPS) is 10.6. The highest BCUT2D eigenvalue weighted by Crippen LogP contribution is 2.21. The summed E-state index contributed by atoms with van der Waals surface area (Å²) in [7, 11) is 2.73. The van der Waals surface area contributed by atoms with Gasteiger partial charge >= 0.3 is 0 Å². The molecule has 2 aromatic rings. The van der Waals surface area contributed by atoms with E-state index in [1.54, 1.807) is 0 Å². The first-order chi connectivity index (χ1) is 6.18. The van der Waals surface area contributed by atoms with Crippen molar-refractivity contribution in [1.29, 1.82) is 0 Å². The summed E-state index contributed by atoms with van der Waals surface area (Å²) in [5.74, 6) is 0. The average molecular weight is 189 g/mol. The Morgan fingerprint density at radius 3 is 2.77 bits per heavy atom. The quantitative estimate of drug-likeness (QED) is 0.499. The number of nitrogens with two attached hydrogens (primary N) is 1. The predicted molar refractivity (Wildman–Crippen MR) is 62.4 cm³/mol. The standard InChI is InChI=1S/C11H12NP/c1-7-5-8-3-2-4-10(12)9(8)6-11(7)13/h2-6H,12-13H2,1H3. The summed E-state index contributed by atoms with van der Waals surface area (Å²) < 4.78 is 0. The minimum Gasteiger partial charge on any atom is -0.398 e. The molecule has 0 saturated heterocycles. The number of hydrogen-bond donors (Lipinski definition) is 1. The molecule has 0 saturated carbocycles. The maximum Gasteiger partial charge on any atom is 0.0393 e. The third kappa shape index (κ3) is 1.40.